The lowest BCUT2D eigenvalue weighted by molar-refractivity contribution is 0.0569. The van der Waals surface area contributed by atoms with Gasteiger partial charge in [-0.3, -0.25) is 9.78 Å². The van der Waals surface area contributed by atoms with E-state index in [-0.39, 0.29) is 5.91 Å². The van der Waals surface area contributed by atoms with Crippen LogP contribution in [0.3, 0.4) is 0 Å². The molecule has 1 amide bonds. The molecule has 2 heterocycles. The summed E-state index contributed by atoms with van der Waals surface area (Å²) < 4.78 is 0. The van der Waals surface area contributed by atoms with Crippen molar-refractivity contribution in [2.24, 2.45) is 0 Å². The molecule has 0 saturated carbocycles. The van der Waals surface area contributed by atoms with Crippen molar-refractivity contribution in [1.29, 1.82) is 0 Å². The third-order valence-electron chi connectivity index (χ3n) is 3.15. The summed E-state index contributed by atoms with van der Waals surface area (Å²) in [7, 11) is 0. The van der Waals surface area contributed by atoms with Gasteiger partial charge in [-0.2, -0.15) is 0 Å². The normalized spacial score (nSPS) is 22.6. The molecule has 1 aromatic rings. The van der Waals surface area contributed by atoms with E-state index >= 15 is 0 Å². The van der Waals surface area contributed by atoms with Crippen LogP contribution < -0.4 is 5.32 Å². The minimum Gasteiger partial charge on any atom is -0.388 e. The average Bonchev–Trinajstić information content (AvgIpc) is 2.76. The van der Waals surface area contributed by atoms with Crippen LogP contribution in [0.25, 0.3) is 0 Å². The Hall–Kier alpha value is -1.69. The molecule has 2 rings (SSSR count). The van der Waals surface area contributed by atoms with E-state index in [1.54, 1.807) is 18.0 Å². The Morgan fingerprint density at radius 2 is 2.37 bits per heavy atom. The van der Waals surface area contributed by atoms with Crippen LogP contribution in [0.4, 0.5) is 5.82 Å². The first-order chi connectivity index (χ1) is 9.02. The quantitative estimate of drug-likeness (QED) is 0.844. The Balaban J connectivity index is 2.07. The molecule has 6 heteroatoms. The lowest BCUT2D eigenvalue weighted by Gasteiger charge is -2.18. The van der Waals surface area contributed by atoms with Crippen molar-refractivity contribution >= 4 is 11.7 Å². The van der Waals surface area contributed by atoms with Gasteiger partial charge in [-0.05, 0) is 19.8 Å². The fraction of sp³-hybridized carbons (Fsp3) is 0.615. The van der Waals surface area contributed by atoms with E-state index in [1.807, 2.05) is 0 Å². The highest BCUT2D eigenvalue weighted by Gasteiger charge is 2.34. The molecule has 0 radical (unpaired) electrons. The summed E-state index contributed by atoms with van der Waals surface area (Å²) in [5, 5.41) is 13.0. The summed E-state index contributed by atoms with van der Waals surface area (Å²) in [6.07, 6.45) is 4.65. The first kappa shape index (κ1) is 13.7. The maximum atomic E-state index is 12.2. The maximum absolute atomic E-state index is 12.2. The topological polar surface area (TPSA) is 78.4 Å². The molecule has 1 atom stereocenters. The van der Waals surface area contributed by atoms with Crippen LogP contribution >= 0.6 is 0 Å². The molecule has 1 saturated heterocycles. The van der Waals surface area contributed by atoms with Gasteiger partial charge in [-0.25, -0.2) is 4.98 Å². The second-order valence-electron chi connectivity index (χ2n) is 5.19. The number of β-amino-alcohol motifs (C(OH)–C–C–N with tert-alkyl or cyclic N) is 1. The number of aromatic nitrogens is 2. The molecule has 1 aromatic heterocycles. The second kappa shape index (κ2) is 5.52. The number of amides is 1. The zero-order chi connectivity index (χ0) is 13.9. The number of carbonyl (C=O) groups is 1. The first-order valence-electron chi connectivity index (χ1n) is 6.59. The van der Waals surface area contributed by atoms with E-state index in [1.165, 1.54) is 6.20 Å². The molecule has 2 N–H and O–H groups in total. The van der Waals surface area contributed by atoms with Gasteiger partial charge in [-0.15, -0.1) is 0 Å². The Labute approximate surface area is 112 Å². The second-order valence-corrected chi connectivity index (χ2v) is 5.19. The molecule has 0 bridgehead atoms. The molecule has 1 aliphatic rings. The van der Waals surface area contributed by atoms with E-state index in [0.717, 1.165) is 13.0 Å². The van der Waals surface area contributed by atoms with Gasteiger partial charge < -0.3 is 15.3 Å². The van der Waals surface area contributed by atoms with E-state index in [4.69, 9.17) is 0 Å². The summed E-state index contributed by atoms with van der Waals surface area (Å²) in [5.74, 6) is 0.434. The highest BCUT2D eigenvalue weighted by atomic mass is 16.3. The van der Waals surface area contributed by atoms with Gasteiger partial charge in [0.2, 0.25) is 0 Å². The van der Waals surface area contributed by atoms with E-state index in [9.17, 15) is 9.90 Å². The Morgan fingerprint density at radius 1 is 1.58 bits per heavy atom. The zero-order valence-corrected chi connectivity index (χ0v) is 11.4. The van der Waals surface area contributed by atoms with Crippen molar-refractivity contribution in [3.05, 3.63) is 18.1 Å². The lowest BCUT2D eigenvalue weighted by atomic mass is 10.1. The summed E-state index contributed by atoms with van der Waals surface area (Å²) >= 11 is 0. The van der Waals surface area contributed by atoms with Crippen molar-refractivity contribution in [3.8, 4) is 0 Å². The maximum Gasteiger partial charge on any atom is 0.274 e. The fourth-order valence-corrected chi connectivity index (χ4v) is 2.09. The molecule has 0 aliphatic carbocycles. The molecule has 19 heavy (non-hydrogen) atoms. The van der Waals surface area contributed by atoms with Crippen molar-refractivity contribution in [2.75, 3.05) is 25.0 Å². The standard InChI is InChI=1S/C13H20N4O2/c1-3-5-15-11-8-14-7-10(16-11)12(18)17-6-4-13(2,19)9-17/h7-8,19H,3-6,9H2,1-2H3,(H,15,16). The number of nitrogens with zero attached hydrogens (tertiary/aromatic N) is 3. The van der Waals surface area contributed by atoms with Crippen LogP contribution in [0.2, 0.25) is 0 Å². The van der Waals surface area contributed by atoms with E-state index in [2.05, 4.69) is 22.2 Å². The van der Waals surface area contributed by atoms with Crippen molar-refractivity contribution in [3.63, 3.8) is 0 Å². The number of hydrogen-bond donors (Lipinski definition) is 2. The highest BCUT2D eigenvalue weighted by Crippen LogP contribution is 2.21. The third kappa shape index (κ3) is 3.41. The van der Waals surface area contributed by atoms with Crippen LogP contribution in [-0.4, -0.2) is 51.1 Å². The highest BCUT2D eigenvalue weighted by molar-refractivity contribution is 5.92. The third-order valence-corrected chi connectivity index (χ3v) is 3.15. The number of hydrogen-bond acceptors (Lipinski definition) is 5. The van der Waals surface area contributed by atoms with Crippen molar-refractivity contribution in [1.82, 2.24) is 14.9 Å². The SMILES string of the molecule is CCCNc1cncc(C(=O)N2CCC(C)(O)C2)n1. The van der Waals surface area contributed by atoms with Gasteiger partial charge >= 0.3 is 0 Å². The van der Waals surface area contributed by atoms with Crippen LogP contribution in [0.5, 0.6) is 0 Å². The molecular formula is C13H20N4O2. The van der Waals surface area contributed by atoms with E-state index in [0.29, 0.717) is 31.0 Å². The molecule has 1 unspecified atom stereocenters. The van der Waals surface area contributed by atoms with Crippen LogP contribution in [0.1, 0.15) is 37.2 Å². The number of nitrogens with one attached hydrogen (secondary N) is 1. The first-order valence-corrected chi connectivity index (χ1v) is 6.59. The largest absolute Gasteiger partial charge is 0.388 e. The molecule has 104 valence electrons. The Kier molecular flexibility index (Phi) is 3.99. The van der Waals surface area contributed by atoms with Gasteiger partial charge in [0.1, 0.15) is 11.5 Å². The van der Waals surface area contributed by atoms with Crippen LogP contribution in [0.15, 0.2) is 12.4 Å². The Bertz CT molecular complexity index is 462. The van der Waals surface area contributed by atoms with Crippen molar-refractivity contribution < 1.29 is 9.90 Å². The number of carbonyl (C=O) groups excluding carboxylic acids is 1. The molecular weight excluding hydrogens is 244 g/mol. The minimum absolute atomic E-state index is 0.176. The van der Waals surface area contributed by atoms with Crippen LogP contribution in [0, 0.1) is 0 Å². The molecule has 1 aliphatic heterocycles. The van der Waals surface area contributed by atoms with Gasteiger partial charge in [0.25, 0.3) is 5.91 Å². The monoisotopic (exact) mass is 264 g/mol. The molecule has 6 nitrogen and oxygen atoms in total. The summed E-state index contributed by atoms with van der Waals surface area (Å²) in [6, 6.07) is 0. The zero-order valence-electron chi connectivity index (χ0n) is 11.4. The number of rotatable bonds is 4. The Morgan fingerprint density at radius 3 is 3.00 bits per heavy atom. The van der Waals surface area contributed by atoms with Gasteiger partial charge in [0, 0.05) is 19.6 Å². The van der Waals surface area contributed by atoms with Crippen LogP contribution in [-0.2, 0) is 0 Å². The molecule has 1 fully saturated rings. The number of aliphatic hydroxyl groups is 1. The average molecular weight is 264 g/mol. The summed E-state index contributed by atoms with van der Waals surface area (Å²) in [4.78, 5) is 22.2. The molecule has 0 aromatic carbocycles. The lowest BCUT2D eigenvalue weighted by Crippen LogP contribution is -2.34. The minimum atomic E-state index is -0.791. The van der Waals surface area contributed by atoms with Gasteiger partial charge in [0.05, 0.1) is 18.0 Å². The number of anilines is 1. The predicted octanol–water partition coefficient (Wildman–Crippen LogP) is 0.895. The predicted molar refractivity (Wildman–Crippen MR) is 72.0 cm³/mol. The summed E-state index contributed by atoms with van der Waals surface area (Å²) in [5.41, 5.74) is -0.472. The van der Waals surface area contributed by atoms with E-state index < -0.39 is 5.60 Å². The van der Waals surface area contributed by atoms with Crippen molar-refractivity contribution in [2.45, 2.75) is 32.3 Å². The number of likely N-dealkylation sites (tertiary alicyclic amines) is 1. The fourth-order valence-electron chi connectivity index (χ4n) is 2.09. The molecule has 0 spiro atoms. The summed E-state index contributed by atoms with van der Waals surface area (Å²) in [6.45, 7) is 5.50. The van der Waals surface area contributed by atoms with Gasteiger partial charge in [-0.1, -0.05) is 6.92 Å². The van der Waals surface area contributed by atoms with Gasteiger partial charge in [0.15, 0.2) is 0 Å². The smallest absolute Gasteiger partial charge is 0.274 e.